The SMILES string of the molecule is CN1CCCC(N(C)c2cccc(F)c2C#N)C1. The molecular weight excluding hydrogens is 229 g/mol. The minimum absolute atomic E-state index is 0.147. The lowest BCUT2D eigenvalue weighted by Crippen LogP contribution is -2.45. The van der Waals surface area contributed by atoms with E-state index in [1.165, 1.54) is 6.07 Å². The summed E-state index contributed by atoms with van der Waals surface area (Å²) >= 11 is 0. The molecule has 96 valence electrons. The van der Waals surface area contributed by atoms with E-state index in [1.807, 2.05) is 24.1 Å². The Morgan fingerprint density at radius 2 is 2.28 bits per heavy atom. The van der Waals surface area contributed by atoms with Crippen molar-refractivity contribution in [3.63, 3.8) is 0 Å². The summed E-state index contributed by atoms with van der Waals surface area (Å²) in [5.41, 5.74) is 0.839. The van der Waals surface area contributed by atoms with Crippen molar-refractivity contribution in [1.29, 1.82) is 5.26 Å². The number of nitrogens with zero attached hydrogens (tertiary/aromatic N) is 3. The second kappa shape index (κ2) is 5.36. The van der Waals surface area contributed by atoms with Crippen LogP contribution in [0.5, 0.6) is 0 Å². The number of piperidine rings is 1. The molecule has 1 saturated heterocycles. The first-order valence-corrected chi connectivity index (χ1v) is 6.23. The molecule has 1 aromatic rings. The minimum atomic E-state index is -0.439. The fourth-order valence-electron chi connectivity index (χ4n) is 2.57. The van der Waals surface area contributed by atoms with Gasteiger partial charge >= 0.3 is 0 Å². The number of halogens is 1. The normalized spacial score (nSPS) is 20.4. The van der Waals surface area contributed by atoms with Crippen LogP contribution in [0.1, 0.15) is 18.4 Å². The molecule has 0 radical (unpaired) electrons. The summed E-state index contributed by atoms with van der Waals surface area (Å²) in [5.74, 6) is -0.439. The van der Waals surface area contributed by atoms with Crippen molar-refractivity contribution in [2.75, 3.05) is 32.1 Å². The molecule has 0 amide bonds. The van der Waals surface area contributed by atoms with Crippen molar-refractivity contribution in [3.8, 4) is 6.07 Å². The van der Waals surface area contributed by atoms with Crippen molar-refractivity contribution in [2.24, 2.45) is 0 Å². The van der Waals surface area contributed by atoms with Crippen LogP contribution in [-0.2, 0) is 0 Å². The number of hydrogen-bond acceptors (Lipinski definition) is 3. The lowest BCUT2D eigenvalue weighted by Gasteiger charge is -2.37. The first-order valence-electron chi connectivity index (χ1n) is 6.23. The molecule has 1 atom stereocenters. The Morgan fingerprint density at radius 1 is 1.50 bits per heavy atom. The van der Waals surface area contributed by atoms with Gasteiger partial charge in [-0.05, 0) is 38.6 Å². The highest BCUT2D eigenvalue weighted by atomic mass is 19.1. The summed E-state index contributed by atoms with van der Waals surface area (Å²) in [4.78, 5) is 4.31. The van der Waals surface area contributed by atoms with Gasteiger partial charge in [-0.3, -0.25) is 0 Å². The van der Waals surface area contributed by atoms with Gasteiger partial charge in [-0.25, -0.2) is 4.39 Å². The third-order valence-electron chi connectivity index (χ3n) is 3.63. The number of likely N-dealkylation sites (tertiary alicyclic amines) is 1. The maximum Gasteiger partial charge on any atom is 0.143 e. The van der Waals surface area contributed by atoms with Gasteiger partial charge in [0.1, 0.15) is 17.4 Å². The molecule has 0 aromatic heterocycles. The lowest BCUT2D eigenvalue weighted by atomic mass is 10.0. The van der Waals surface area contributed by atoms with Crippen molar-refractivity contribution in [1.82, 2.24) is 4.90 Å². The molecule has 3 nitrogen and oxygen atoms in total. The quantitative estimate of drug-likeness (QED) is 0.803. The Bertz CT molecular complexity index is 467. The highest BCUT2D eigenvalue weighted by Crippen LogP contribution is 2.25. The lowest BCUT2D eigenvalue weighted by molar-refractivity contribution is 0.248. The van der Waals surface area contributed by atoms with Crippen LogP contribution in [0.4, 0.5) is 10.1 Å². The van der Waals surface area contributed by atoms with E-state index in [9.17, 15) is 4.39 Å². The second-order valence-corrected chi connectivity index (χ2v) is 4.91. The first kappa shape index (κ1) is 12.8. The van der Waals surface area contributed by atoms with Crippen LogP contribution in [0, 0.1) is 17.1 Å². The standard InChI is InChI=1S/C14H18FN3/c1-17-8-4-5-11(10-17)18(2)14-7-3-6-13(15)12(14)9-16/h3,6-7,11H,4-5,8,10H2,1-2H3. The van der Waals surface area contributed by atoms with E-state index in [2.05, 4.69) is 11.9 Å². The average Bonchev–Trinajstić information content (AvgIpc) is 2.37. The molecule has 1 aliphatic heterocycles. The van der Waals surface area contributed by atoms with Crippen molar-refractivity contribution in [3.05, 3.63) is 29.6 Å². The van der Waals surface area contributed by atoms with E-state index in [4.69, 9.17) is 5.26 Å². The summed E-state index contributed by atoms with van der Waals surface area (Å²) in [5, 5.41) is 9.07. The molecule has 1 aliphatic rings. The Labute approximate surface area is 107 Å². The number of likely N-dealkylation sites (N-methyl/N-ethyl adjacent to an activating group) is 2. The van der Waals surface area contributed by atoms with Crippen molar-refractivity contribution in [2.45, 2.75) is 18.9 Å². The third-order valence-corrected chi connectivity index (χ3v) is 3.63. The molecule has 1 fully saturated rings. The van der Waals surface area contributed by atoms with Gasteiger partial charge in [-0.2, -0.15) is 5.26 Å². The van der Waals surface area contributed by atoms with E-state index < -0.39 is 5.82 Å². The molecule has 0 bridgehead atoms. The molecule has 1 unspecified atom stereocenters. The number of nitriles is 1. The third kappa shape index (κ3) is 2.46. The molecule has 0 saturated carbocycles. The Morgan fingerprint density at radius 3 is 2.94 bits per heavy atom. The predicted octanol–water partition coefficient (Wildman–Crippen LogP) is 2.23. The summed E-state index contributed by atoms with van der Waals surface area (Å²) in [6.07, 6.45) is 2.23. The monoisotopic (exact) mass is 247 g/mol. The van der Waals surface area contributed by atoms with Crippen molar-refractivity contribution >= 4 is 5.69 Å². The topological polar surface area (TPSA) is 30.3 Å². The minimum Gasteiger partial charge on any atom is -0.369 e. The predicted molar refractivity (Wildman–Crippen MR) is 70.0 cm³/mol. The summed E-state index contributed by atoms with van der Waals surface area (Å²) in [7, 11) is 4.04. The van der Waals surface area contributed by atoms with E-state index in [0.717, 1.165) is 25.9 Å². The van der Waals surface area contributed by atoms with Gasteiger partial charge in [0.2, 0.25) is 0 Å². The Kier molecular flexibility index (Phi) is 3.83. The number of benzene rings is 1. The van der Waals surface area contributed by atoms with Crippen LogP contribution < -0.4 is 4.90 Å². The zero-order valence-corrected chi connectivity index (χ0v) is 10.9. The number of hydrogen-bond donors (Lipinski definition) is 0. The van der Waals surface area contributed by atoms with Gasteiger partial charge in [0.05, 0.1) is 5.69 Å². The average molecular weight is 247 g/mol. The summed E-state index contributed by atoms with van der Waals surface area (Å²) < 4.78 is 13.6. The van der Waals surface area contributed by atoms with E-state index >= 15 is 0 Å². The number of anilines is 1. The highest BCUT2D eigenvalue weighted by Gasteiger charge is 2.23. The number of rotatable bonds is 2. The van der Waals surface area contributed by atoms with Crippen LogP contribution in [-0.4, -0.2) is 38.1 Å². The molecule has 0 spiro atoms. The molecule has 4 heteroatoms. The van der Waals surface area contributed by atoms with Crippen LogP contribution >= 0.6 is 0 Å². The van der Waals surface area contributed by atoms with Crippen molar-refractivity contribution < 1.29 is 4.39 Å². The van der Waals surface area contributed by atoms with Gasteiger partial charge < -0.3 is 9.80 Å². The van der Waals surface area contributed by atoms with Crippen LogP contribution in [0.25, 0.3) is 0 Å². The van der Waals surface area contributed by atoms with E-state index in [0.29, 0.717) is 11.7 Å². The second-order valence-electron chi connectivity index (χ2n) is 4.91. The van der Waals surface area contributed by atoms with Crippen LogP contribution in [0.3, 0.4) is 0 Å². The maximum atomic E-state index is 13.6. The zero-order valence-electron chi connectivity index (χ0n) is 10.9. The fourth-order valence-corrected chi connectivity index (χ4v) is 2.57. The van der Waals surface area contributed by atoms with E-state index in [-0.39, 0.29) is 5.56 Å². The van der Waals surface area contributed by atoms with Gasteiger partial charge in [-0.1, -0.05) is 6.07 Å². The molecular formula is C14H18FN3. The Hall–Kier alpha value is -1.60. The molecule has 2 rings (SSSR count). The first-order chi connectivity index (χ1) is 8.63. The van der Waals surface area contributed by atoms with E-state index in [1.54, 1.807) is 6.07 Å². The molecule has 18 heavy (non-hydrogen) atoms. The summed E-state index contributed by atoms with van der Waals surface area (Å²) in [6, 6.07) is 7.12. The molecule has 1 aromatic carbocycles. The zero-order chi connectivity index (χ0) is 13.1. The molecule has 0 aliphatic carbocycles. The molecule has 0 N–H and O–H groups in total. The fraction of sp³-hybridized carbons (Fsp3) is 0.500. The Balaban J connectivity index is 2.26. The summed E-state index contributed by atoms with van der Waals surface area (Å²) in [6.45, 7) is 2.07. The van der Waals surface area contributed by atoms with Gasteiger partial charge in [0.25, 0.3) is 0 Å². The maximum absolute atomic E-state index is 13.6. The van der Waals surface area contributed by atoms with Gasteiger partial charge in [0, 0.05) is 19.6 Å². The van der Waals surface area contributed by atoms with Crippen LogP contribution in [0.15, 0.2) is 18.2 Å². The van der Waals surface area contributed by atoms with Gasteiger partial charge in [-0.15, -0.1) is 0 Å². The largest absolute Gasteiger partial charge is 0.369 e. The van der Waals surface area contributed by atoms with Crippen LogP contribution in [0.2, 0.25) is 0 Å². The van der Waals surface area contributed by atoms with Gasteiger partial charge in [0.15, 0.2) is 0 Å². The highest BCUT2D eigenvalue weighted by molar-refractivity contribution is 5.60. The molecule has 1 heterocycles. The smallest absolute Gasteiger partial charge is 0.143 e.